The summed E-state index contributed by atoms with van der Waals surface area (Å²) in [5, 5.41) is 1.98. The van der Waals surface area contributed by atoms with Gasteiger partial charge in [0.05, 0.1) is 24.2 Å². The normalized spacial score (nSPS) is 25.2. The van der Waals surface area contributed by atoms with Crippen LogP contribution in [-0.4, -0.2) is 48.2 Å². The summed E-state index contributed by atoms with van der Waals surface area (Å²) in [6, 6.07) is 7.67. The maximum Gasteiger partial charge on any atom is 0.264 e. The number of fused-ring (bicyclic) bond motifs is 1. The number of aryl methyl sites for hydroxylation is 1. The lowest BCUT2D eigenvalue weighted by molar-refractivity contribution is 0.0675. The maximum absolute atomic E-state index is 12.7. The predicted octanol–water partition coefficient (Wildman–Crippen LogP) is 3.01. The number of carbonyl (C=O) groups excluding carboxylic acids is 1. The molecule has 2 aliphatic rings. The quantitative estimate of drug-likeness (QED) is 0.824. The first-order valence-corrected chi connectivity index (χ1v) is 9.59. The molecule has 0 spiro atoms. The third-order valence-corrected chi connectivity index (χ3v) is 6.16. The molecule has 2 fully saturated rings. The third-order valence-electron chi connectivity index (χ3n) is 5.16. The first-order chi connectivity index (χ1) is 12.2. The molecule has 1 amide bonds. The Morgan fingerprint density at radius 3 is 3.08 bits per heavy atom. The van der Waals surface area contributed by atoms with Crippen LogP contribution in [-0.2, 0) is 4.74 Å². The molecule has 0 aromatic carbocycles. The molecule has 25 heavy (non-hydrogen) atoms. The second kappa shape index (κ2) is 7.14. The fourth-order valence-corrected chi connectivity index (χ4v) is 4.64. The van der Waals surface area contributed by atoms with Crippen molar-refractivity contribution in [2.45, 2.75) is 19.4 Å². The molecule has 4 rings (SSSR count). The maximum atomic E-state index is 12.7. The van der Waals surface area contributed by atoms with Crippen LogP contribution < -0.4 is 4.74 Å². The van der Waals surface area contributed by atoms with Crippen LogP contribution in [0.4, 0.5) is 0 Å². The van der Waals surface area contributed by atoms with Gasteiger partial charge in [-0.15, -0.1) is 11.3 Å². The molecule has 6 heteroatoms. The van der Waals surface area contributed by atoms with Crippen molar-refractivity contribution in [3.8, 4) is 5.88 Å². The molecule has 2 aromatic rings. The van der Waals surface area contributed by atoms with Gasteiger partial charge in [0.1, 0.15) is 0 Å². The van der Waals surface area contributed by atoms with Crippen LogP contribution in [0.5, 0.6) is 5.88 Å². The van der Waals surface area contributed by atoms with E-state index >= 15 is 0 Å². The molecule has 2 aliphatic heterocycles. The summed E-state index contributed by atoms with van der Waals surface area (Å²) in [6.45, 7) is 4.88. The van der Waals surface area contributed by atoms with E-state index in [0.717, 1.165) is 30.0 Å². The molecule has 4 heterocycles. The largest absolute Gasteiger partial charge is 0.478 e. The number of hydrogen-bond acceptors (Lipinski definition) is 5. The van der Waals surface area contributed by atoms with Gasteiger partial charge in [0.2, 0.25) is 5.88 Å². The predicted molar refractivity (Wildman–Crippen MR) is 96.0 cm³/mol. The van der Waals surface area contributed by atoms with Crippen molar-refractivity contribution >= 4 is 17.2 Å². The van der Waals surface area contributed by atoms with E-state index < -0.39 is 0 Å². The van der Waals surface area contributed by atoms with Crippen molar-refractivity contribution < 1.29 is 14.3 Å². The number of thiophene rings is 1. The highest BCUT2D eigenvalue weighted by Gasteiger charge is 2.45. The average molecular weight is 358 g/mol. The lowest BCUT2D eigenvalue weighted by atomic mass is 9.91. The smallest absolute Gasteiger partial charge is 0.264 e. The molecule has 0 aliphatic carbocycles. The van der Waals surface area contributed by atoms with Crippen LogP contribution in [0.25, 0.3) is 0 Å². The summed E-state index contributed by atoms with van der Waals surface area (Å²) in [7, 11) is 0. The Hall–Kier alpha value is -1.92. The molecule has 0 saturated carbocycles. The summed E-state index contributed by atoms with van der Waals surface area (Å²) < 4.78 is 11.7. The van der Waals surface area contributed by atoms with Gasteiger partial charge in [-0.3, -0.25) is 4.79 Å². The van der Waals surface area contributed by atoms with Gasteiger partial charge in [0.25, 0.3) is 5.91 Å². The molecule has 0 bridgehead atoms. The Morgan fingerprint density at radius 1 is 1.40 bits per heavy atom. The summed E-state index contributed by atoms with van der Waals surface area (Å²) in [4.78, 5) is 19.7. The van der Waals surface area contributed by atoms with Crippen molar-refractivity contribution in [1.29, 1.82) is 0 Å². The molecule has 0 N–H and O–H groups in total. The topological polar surface area (TPSA) is 51.7 Å². The first kappa shape index (κ1) is 16.5. The number of nitrogens with zero attached hydrogens (tertiary/aromatic N) is 2. The summed E-state index contributed by atoms with van der Waals surface area (Å²) in [5.41, 5.74) is 1.06. The van der Waals surface area contributed by atoms with Gasteiger partial charge in [-0.05, 0) is 42.3 Å². The number of amides is 1. The van der Waals surface area contributed by atoms with E-state index in [2.05, 4.69) is 4.98 Å². The minimum Gasteiger partial charge on any atom is -0.478 e. The molecular weight excluding hydrogens is 336 g/mol. The Kier molecular flexibility index (Phi) is 4.72. The van der Waals surface area contributed by atoms with Gasteiger partial charge in [-0.1, -0.05) is 6.07 Å². The van der Waals surface area contributed by atoms with E-state index in [-0.39, 0.29) is 12.0 Å². The highest BCUT2D eigenvalue weighted by molar-refractivity contribution is 7.12. The van der Waals surface area contributed by atoms with Crippen LogP contribution in [0.2, 0.25) is 0 Å². The zero-order valence-corrected chi connectivity index (χ0v) is 15.1. The van der Waals surface area contributed by atoms with E-state index in [1.165, 1.54) is 11.3 Å². The zero-order valence-electron chi connectivity index (χ0n) is 14.3. The highest BCUT2D eigenvalue weighted by atomic mass is 32.1. The standard InChI is InChI=1S/C19H22N2O3S/c1-13-6-9-25-18(13)19(22)21-10-15-14(12-24-16(15)11-21)5-8-23-17-4-2-3-7-20-17/h2-4,6-7,9,14-16H,5,8,10-12H2,1H3/t14-,15-,16-/m0/s1. The Morgan fingerprint density at radius 2 is 2.32 bits per heavy atom. The lowest BCUT2D eigenvalue weighted by Crippen LogP contribution is -2.31. The van der Waals surface area contributed by atoms with Crippen LogP contribution >= 0.6 is 11.3 Å². The minimum absolute atomic E-state index is 0.147. The first-order valence-electron chi connectivity index (χ1n) is 8.71. The van der Waals surface area contributed by atoms with Crippen LogP contribution in [0.15, 0.2) is 35.8 Å². The SMILES string of the molecule is Cc1ccsc1C(=O)N1C[C@H]2[C@@H](CCOc3ccccn3)CO[C@H]2C1. The molecular formula is C19H22N2O3S. The number of rotatable bonds is 5. The van der Waals surface area contributed by atoms with Gasteiger partial charge >= 0.3 is 0 Å². The third kappa shape index (κ3) is 3.41. The van der Waals surface area contributed by atoms with Crippen molar-refractivity contribution in [3.63, 3.8) is 0 Å². The van der Waals surface area contributed by atoms with E-state index in [1.807, 2.05) is 41.5 Å². The van der Waals surface area contributed by atoms with E-state index in [1.54, 1.807) is 6.20 Å². The van der Waals surface area contributed by atoms with Gasteiger partial charge in [0.15, 0.2) is 0 Å². The van der Waals surface area contributed by atoms with E-state index in [4.69, 9.17) is 9.47 Å². The Bertz CT molecular complexity index is 733. The van der Waals surface area contributed by atoms with Crippen molar-refractivity contribution in [3.05, 3.63) is 46.3 Å². The van der Waals surface area contributed by atoms with Gasteiger partial charge in [-0.2, -0.15) is 0 Å². The summed E-state index contributed by atoms with van der Waals surface area (Å²) >= 11 is 1.53. The number of pyridine rings is 1. The zero-order chi connectivity index (χ0) is 17.2. The molecule has 3 atom stereocenters. The second-order valence-corrected chi connectivity index (χ2v) is 7.66. The number of likely N-dealkylation sites (tertiary alicyclic amines) is 1. The number of hydrogen-bond donors (Lipinski definition) is 0. The van der Waals surface area contributed by atoms with E-state index in [9.17, 15) is 4.79 Å². The molecule has 0 radical (unpaired) electrons. The highest BCUT2D eigenvalue weighted by Crippen LogP contribution is 2.36. The molecule has 132 valence electrons. The van der Waals surface area contributed by atoms with Crippen LogP contribution in [0.3, 0.4) is 0 Å². The van der Waals surface area contributed by atoms with E-state index in [0.29, 0.717) is 30.9 Å². The van der Waals surface area contributed by atoms with Crippen molar-refractivity contribution in [1.82, 2.24) is 9.88 Å². The minimum atomic E-state index is 0.147. The summed E-state index contributed by atoms with van der Waals surface area (Å²) in [5.74, 6) is 1.66. The monoisotopic (exact) mass is 358 g/mol. The fraction of sp³-hybridized carbons (Fsp3) is 0.474. The number of ether oxygens (including phenoxy) is 2. The molecule has 2 aromatic heterocycles. The van der Waals surface area contributed by atoms with Crippen molar-refractivity contribution in [2.24, 2.45) is 11.8 Å². The average Bonchev–Trinajstić information content (AvgIpc) is 3.32. The van der Waals surface area contributed by atoms with Gasteiger partial charge < -0.3 is 14.4 Å². The number of carbonyl (C=O) groups is 1. The summed E-state index contributed by atoms with van der Waals surface area (Å²) in [6.07, 6.45) is 2.83. The van der Waals surface area contributed by atoms with Gasteiger partial charge in [0, 0.05) is 31.3 Å². The molecule has 0 unspecified atom stereocenters. The second-order valence-electron chi connectivity index (χ2n) is 6.74. The lowest BCUT2D eigenvalue weighted by Gasteiger charge is -2.19. The van der Waals surface area contributed by atoms with Gasteiger partial charge in [-0.25, -0.2) is 4.98 Å². The molecule has 5 nitrogen and oxygen atoms in total. The van der Waals surface area contributed by atoms with Crippen LogP contribution in [0, 0.1) is 18.8 Å². The number of aromatic nitrogens is 1. The Labute approximate surface area is 151 Å². The Balaban J connectivity index is 1.32. The van der Waals surface area contributed by atoms with Crippen molar-refractivity contribution in [2.75, 3.05) is 26.3 Å². The molecule has 2 saturated heterocycles. The fourth-order valence-electron chi connectivity index (χ4n) is 3.74. The van der Waals surface area contributed by atoms with Crippen LogP contribution in [0.1, 0.15) is 21.7 Å².